The number of amides is 1. The van der Waals surface area contributed by atoms with E-state index in [1.54, 1.807) is 43.3 Å². The maximum absolute atomic E-state index is 13.1. The smallest absolute Gasteiger partial charge is 0.376 e. The van der Waals surface area contributed by atoms with Crippen LogP contribution in [0.4, 0.5) is 24.5 Å². The molecule has 1 aromatic heterocycles. The molecule has 156 valence electrons. The number of carbonyl (C=O) groups is 1. The Morgan fingerprint density at radius 1 is 1.07 bits per heavy atom. The summed E-state index contributed by atoms with van der Waals surface area (Å²) in [4.78, 5) is 26.9. The third-order valence-corrected chi connectivity index (χ3v) is 4.37. The van der Waals surface area contributed by atoms with Gasteiger partial charge < -0.3 is 10.2 Å². The Kier molecular flexibility index (Phi) is 5.64. The van der Waals surface area contributed by atoms with E-state index in [2.05, 4.69) is 10.4 Å². The van der Waals surface area contributed by atoms with Crippen LogP contribution >= 0.6 is 0 Å². The van der Waals surface area contributed by atoms with E-state index < -0.39 is 28.8 Å². The number of carbonyl (C=O) groups excluding carboxylic acids is 1. The molecule has 0 aliphatic rings. The second-order valence-electron chi connectivity index (χ2n) is 6.82. The van der Waals surface area contributed by atoms with E-state index in [1.165, 1.54) is 25.1 Å². The second kappa shape index (κ2) is 8.02. The van der Waals surface area contributed by atoms with E-state index in [-0.39, 0.29) is 5.69 Å². The highest BCUT2D eigenvalue weighted by atomic mass is 19.4. The van der Waals surface area contributed by atoms with E-state index in [4.69, 9.17) is 0 Å². The number of nitrogens with one attached hydrogen (secondary N) is 1. The number of aromatic nitrogens is 2. The second-order valence-corrected chi connectivity index (χ2v) is 6.82. The Morgan fingerprint density at radius 2 is 1.77 bits per heavy atom. The lowest BCUT2D eigenvalue weighted by Crippen LogP contribution is -2.27. The summed E-state index contributed by atoms with van der Waals surface area (Å²) in [7, 11) is 3.60. The maximum atomic E-state index is 13.1. The number of halogens is 3. The minimum atomic E-state index is -4.53. The number of hydrogen-bond donors (Lipinski definition) is 1. The Hall–Kier alpha value is -3.62. The van der Waals surface area contributed by atoms with Crippen molar-refractivity contribution >= 4 is 17.3 Å². The molecule has 0 radical (unpaired) electrons. The van der Waals surface area contributed by atoms with Crippen molar-refractivity contribution in [2.75, 3.05) is 24.3 Å². The Bertz CT molecular complexity index is 1150. The first kappa shape index (κ1) is 21.1. The number of rotatable bonds is 4. The van der Waals surface area contributed by atoms with Crippen molar-refractivity contribution in [3.8, 4) is 5.69 Å². The summed E-state index contributed by atoms with van der Waals surface area (Å²) < 4.78 is 40.3. The fraction of sp³-hybridized carbons (Fsp3) is 0.190. The van der Waals surface area contributed by atoms with Crippen LogP contribution in [0.15, 0.2) is 59.4 Å². The predicted octanol–water partition coefficient (Wildman–Crippen LogP) is 3.88. The minimum absolute atomic E-state index is 0.0880. The molecular formula is C21H19F3N4O2. The van der Waals surface area contributed by atoms with Gasteiger partial charge in [-0.05, 0) is 37.3 Å². The van der Waals surface area contributed by atoms with Crippen molar-refractivity contribution in [3.05, 3.63) is 81.8 Å². The van der Waals surface area contributed by atoms with Gasteiger partial charge in [-0.1, -0.05) is 18.2 Å². The summed E-state index contributed by atoms with van der Waals surface area (Å²) in [6.07, 6.45) is -4.53. The molecule has 9 heteroatoms. The highest BCUT2D eigenvalue weighted by Crippen LogP contribution is 2.30. The molecule has 0 fully saturated rings. The van der Waals surface area contributed by atoms with Crippen LogP contribution in [-0.4, -0.2) is 29.8 Å². The van der Waals surface area contributed by atoms with Crippen molar-refractivity contribution < 1.29 is 18.0 Å². The lowest BCUT2D eigenvalue weighted by Gasteiger charge is -2.18. The van der Waals surface area contributed by atoms with Gasteiger partial charge in [0.15, 0.2) is 5.69 Å². The summed E-state index contributed by atoms with van der Waals surface area (Å²) in [5.74, 6) is -0.755. The van der Waals surface area contributed by atoms with E-state index in [9.17, 15) is 22.8 Å². The number of nitrogens with zero attached hydrogens (tertiary/aromatic N) is 3. The number of anilines is 2. The topological polar surface area (TPSA) is 67.2 Å². The molecule has 0 atom stereocenters. The number of hydrogen-bond acceptors (Lipinski definition) is 4. The molecule has 0 unspecified atom stereocenters. The van der Waals surface area contributed by atoms with Crippen molar-refractivity contribution in [1.29, 1.82) is 0 Å². The number of para-hydroxylation sites is 2. The molecule has 30 heavy (non-hydrogen) atoms. The minimum Gasteiger partial charge on any atom is -0.376 e. The first-order chi connectivity index (χ1) is 14.1. The summed E-state index contributed by atoms with van der Waals surface area (Å²) >= 11 is 0. The molecule has 1 heterocycles. The van der Waals surface area contributed by atoms with E-state index in [0.29, 0.717) is 11.4 Å². The normalized spacial score (nSPS) is 11.3. The zero-order valence-electron chi connectivity index (χ0n) is 16.5. The van der Waals surface area contributed by atoms with Gasteiger partial charge in [-0.2, -0.15) is 18.3 Å². The molecule has 0 aliphatic carbocycles. The van der Waals surface area contributed by atoms with Gasteiger partial charge in [0.2, 0.25) is 5.43 Å². The Balaban J connectivity index is 2.02. The molecule has 1 amide bonds. The zero-order valence-corrected chi connectivity index (χ0v) is 16.5. The average Bonchev–Trinajstić information content (AvgIpc) is 2.67. The van der Waals surface area contributed by atoms with Crippen molar-refractivity contribution in [2.45, 2.75) is 13.1 Å². The SMILES string of the molecule is Cc1cc(=O)c(C(=O)Nc2ccccc2N(C)C)nn1-c1cccc(C(F)(F)F)c1. The van der Waals surface area contributed by atoms with Crippen LogP contribution in [0, 0.1) is 6.92 Å². The van der Waals surface area contributed by atoms with Gasteiger partial charge in [0.25, 0.3) is 5.91 Å². The number of alkyl halides is 3. The summed E-state index contributed by atoms with van der Waals surface area (Å²) in [6.45, 7) is 1.53. The maximum Gasteiger partial charge on any atom is 0.416 e. The van der Waals surface area contributed by atoms with Crippen molar-refractivity contribution in [3.63, 3.8) is 0 Å². The summed E-state index contributed by atoms with van der Waals surface area (Å²) in [6, 6.07) is 12.7. The standard InChI is InChI=1S/C21H19F3N4O2/c1-13-11-18(29)19(20(30)25-16-9-4-5-10-17(16)27(2)3)26-28(13)15-8-6-7-14(12-15)21(22,23)24/h4-12H,1-3H3,(H,25,30). The number of aryl methyl sites for hydroxylation is 1. The zero-order chi connectivity index (χ0) is 22.1. The third kappa shape index (κ3) is 4.35. The molecule has 6 nitrogen and oxygen atoms in total. The fourth-order valence-electron chi connectivity index (χ4n) is 2.93. The monoisotopic (exact) mass is 416 g/mol. The lowest BCUT2D eigenvalue weighted by atomic mass is 10.2. The van der Waals surface area contributed by atoms with Gasteiger partial charge in [-0.25, -0.2) is 4.68 Å². The average molecular weight is 416 g/mol. The van der Waals surface area contributed by atoms with E-state index >= 15 is 0 Å². The fourth-order valence-corrected chi connectivity index (χ4v) is 2.93. The molecular weight excluding hydrogens is 397 g/mol. The van der Waals surface area contributed by atoms with Gasteiger partial charge in [0.05, 0.1) is 22.6 Å². The predicted molar refractivity (Wildman–Crippen MR) is 108 cm³/mol. The number of benzene rings is 2. The first-order valence-corrected chi connectivity index (χ1v) is 8.94. The van der Waals surface area contributed by atoms with Gasteiger partial charge >= 0.3 is 6.18 Å². The van der Waals surface area contributed by atoms with Gasteiger partial charge in [0, 0.05) is 25.9 Å². The van der Waals surface area contributed by atoms with Crippen molar-refractivity contribution in [1.82, 2.24) is 9.78 Å². The highest BCUT2D eigenvalue weighted by Gasteiger charge is 2.30. The molecule has 3 aromatic rings. The Morgan fingerprint density at radius 3 is 2.43 bits per heavy atom. The molecule has 0 bridgehead atoms. The quantitative estimate of drug-likeness (QED) is 0.701. The molecule has 0 spiro atoms. The van der Waals surface area contributed by atoms with Gasteiger partial charge in [0.1, 0.15) is 0 Å². The largest absolute Gasteiger partial charge is 0.416 e. The van der Waals surface area contributed by atoms with Gasteiger partial charge in [-0.3, -0.25) is 9.59 Å². The van der Waals surface area contributed by atoms with E-state index in [0.717, 1.165) is 22.5 Å². The van der Waals surface area contributed by atoms with Gasteiger partial charge in [-0.15, -0.1) is 0 Å². The molecule has 2 aromatic carbocycles. The van der Waals surface area contributed by atoms with E-state index in [1.807, 2.05) is 0 Å². The van der Waals surface area contributed by atoms with Crippen LogP contribution in [-0.2, 0) is 6.18 Å². The summed E-state index contributed by atoms with van der Waals surface area (Å²) in [5, 5.41) is 6.69. The van der Waals surface area contributed by atoms with Crippen LogP contribution in [0.2, 0.25) is 0 Å². The highest BCUT2D eigenvalue weighted by molar-refractivity contribution is 6.04. The third-order valence-electron chi connectivity index (χ3n) is 4.37. The van der Waals surface area contributed by atoms with Crippen LogP contribution in [0.25, 0.3) is 5.69 Å². The Labute approximate surface area is 170 Å². The molecule has 3 rings (SSSR count). The molecule has 1 N–H and O–H groups in total. The van der Waals surface area contributed by atoms with Crippen LogP contribution in [0.5, 0.6) is 0 Å². The van der Waals surface area contributed by atoms with Crippen LogP contribution < -0.4 is 15.6 Å². The van der Waals surface area contributed by atoms with Crippen LogP contribution in [0.3, 0.4) is 0 Å². The van der Waals surface area contributed by atoms with Crippen LogP contribution in [0.1, 0.15) is 21.7 Å². The lowest BCUT2D eigenvalue weighted by molar-refractivity contribution is -0.137. The molecule has 0 saturated heterocycles. The molecule has 0 saturated carbocycles. The molecule has 0 aliphatic heterocycles. The first-order valence-electron chi connectivity index (χ1n) is 8.94. The summed E-state index contributed by atoms with van der Waals surface area (Å²) in [5.41, 5.74) is -0.335. The van der Waals surface area contributed by atoms with Crippen molar-refractivity contribution in [2.24, 2.45) is 0 Å².